The Morgan fingerprint density at radius 3 is 1.11 bits per heavy atom. The Kier molecular flexibility index (Phi) is 16.1. The zero-order valence-corrected chi connectivity index (χ0v) is 22.5. The van der Waals surface area contributed by atoms with Crippen LogP contribution in [0.15, 0.2) is 48.5 Å². The van der Waals surface area contributed by atoms with Crippen molar-refractivity contribution in [3.8, 4) is 11.5 Å². The van der Waals surface area contributed by atoms with Crippen molar-refractivity contribution in [1.82, 2.24) is 0 Å². The summed E-state index contributed by atoms with van der Waals surface area (Å²) in [5.74, 6) is 0.685. The van der Waals surface area contributed by atoms with Crippen LogP contribution in [0.25, 0.3) is 0 Å². The van der Waals surface area contributed by atoms with Gasteiger partial charge in [-0.05, 0) is 18.6 Å². The van der Waals surface area contributed by atoms with E-state index >= 15 is 0 Å². The lowest BCUT2D eigenvalue weighted by atomic mass is 9.85. The second-order valence-electron chi connectivity index (χ2n) is 10.5. The van der Waals surface area contributed by atoms with Crippen molar-refractivity contribution >= 4 is 0 Å². The van der Waals surface area contributed by atoms with Gasteiger partial charge in [0, 0.05) is 17.0 Å². The summed E-state index contributed by atoms with van der Waals surface area (Å²) in [4.78, 5) is 0. The Labute approximate surface area is 216 Å². The molecule has 0 amide bonds. The molecule has 35 heavy (non-hydrogen) atoms. The number of unbranched alkanes of at least 4 members (excludes halogenated alkanes) is 17. The first-order valence-corrected chi connectivity index (χ1v) is 14.8. The second-order valence-corrected chi connectivity index (χ2v) is 10.5. The van der Waals surface area contributed by atoms with Gasteiger partial charge in [0.2, 0.25) is 0 Å². The summed E-state index contributed by atoms with van der Waals surface area (Å²) in [7, 11) is 0. The Morgan fingerprint density at radius 1 is 0.457 bits per heavy atom. The third-order valence-corrected chi connectivity index (χ3v) is 7.47. The summed E-state index contributed by atoms with van der Waals surface area (Å²) in [6.07, 6.45) is 25.8. The molecule has 2 aromatic carbocycles. The Balaban J connectivity index is 1.50. The molecule has 0 saturated carbocycles. The molecule has 0 atom stereocenters. The van der Waals surface area contributed by atoms with E-state index in [1.807, 2.05) is 36.4 Å². The highest BCUT2D eigenvalue weighted by atomic mass is 16.3. The molecule has 0 bridgehead atoms. The van der Waals surface area contributed by atoms with Crippen molar-refractivity contribution in [2.45, 2.75) is 135 Å². The van der Waals surface area contributed by atoms with Gasteiger partial charge < -0.3 is 10.2 Å². The molecule has 2 aromatic rings. The summed E-state index contributed by atoms with van der Waals surface area (Å²) in [6.45, 7) is 2.29. The first kappa shape index (κ1) is 29.3. The van der Waals surface area contributed by atoms with Gasteiger partial charge in [0.15, 0.2) is 0 Å². The van der Waals surface area contributed by atoms with Gasteiger partial charge in [0.05, 0.1) is 0 Å². The first-order chi connectivity index (χ1) is 17.2. The van der Waals surface area contributed by atoms with Crippen LogP contribution in [0.2, 0.25) is 0 Å². The van der Waals surface area contributed by atoms with Gasteiger partial charge in [-0.15, -0.1) is 0 Å². The highest BCUT2D eigenvalue weighted by molar-refractivity contribution is 5.45. The highest BCUT2D eigenvalue weighted by Crippen LogP contribution is 2.38. The third-order valence-electron chi connectivity index (χ3n) is 7.47. The van der Waals surface area contributed by atoms with Crippen molar-refractivity contribution in [3.63, 3.8) is 0 Å². The molecular weight excluding hydrogens is 428 g/mol. The standard InChI is InChI=1S/C33H52O2/c1-2-3-4-5-6-7-8-9-10-11-12-13-14-15-16-17-18-19-24-29(30-25-20-22-27-32(30)34)31-26-21-23-28-33(31)35/h20-23,25-29,34-35H,2-19,24H2,1H3. The number of phenolic OH excluding ortho intramolecular Hbond substituents is 2. The summed E-state index contributed by atoms with van der Waals surface area (Å²) in [6, 6.07) is 15.1. The lowest BCUT2D eigenvalue weighted by molar-refractivity contribution is 0.447. The van der Waals surface area contributed by atoms with Crippen LogP contribution in [-0.2, 0) is 0 Å². The lowest BCUT2D eigenvalue weighted by Gasteiger charge is -2.20. The van der Waals surface area contributed by atoms with E-state index in [0.717, 1.165) is 24.0 Å². The third kappa shape index (κ3) is 12.5. The van der Waals surface area contributed by atoms with Gasteiger partial charge in [0.25, 0.3) is 0 Å². The van der Waals surface area contributed by atoms with Gasteiger partial charge in [0.1, 0.15) is 11.5 Å². The van der Waals surface area contributed by atoms with E-state index in [4.69, 9.17) is 0 Å². The van der Waals surface area contributed by atoms with Crippen LogP contribution in [0.1, 0.15) is 146 Å². The van der Waals surface area contributed by atoms with E-state index in [9.17, 15) is 10.2 Å². The largest absolute Gasteiger partial charge is 0.508 e. The smallest absolute Gasteiger partial charge is 0.119 e. The number of benzene rings is 2. The predicted molar refractivity (Wildman–Crippen MR) is 151 cm³/mol. The van der Waals surface area contributed by atoms with Crippen LogP contribution < -0.4 is 0 Å². The fourth-order valence-electron chi connectivity index (χ4n) is 5.29. The van der Waals surface area contributed by atoms with E-state index in [1.54, 1.807) is 12.1 Å². The van der Waals surface area contributed by atoms with Gasteiger partial charge in [-0.25, -0.2) is 0 Å². The molecule has 2 N–H and O–H groups in total. The molecule has 2 heteroatoms. The topological polar surface area (TPSA) is 40.5 Å². The summed E-state index contributed by atoms with van der Waals surface area (Å²) in [5, 5.41) is 20.8. The lowest BCUT2D eigenvalue weighted by Crippen LogP contribution is -2.02. The Bertz CT molecular complexity index is 724. The molecule has 2 nitrogen and oxygen atoms in total. The summed E-state index contributed by atoms with van der Waals surface area (Å²) < 4.78 is 0. The molecule has 0 aliphatic carbocycles. The second kappa shape index (κ2) is 19.3. The Morgan fingerprint density at radius 2 is 0.771 bits per heavy atom. The van der Waals surface area contributed by atoms with Crippen LogP contribution >= 0.6 is 0 Å². The van der Waals surface area contributed by atoms with Crippen molar-refractivity contribution in [3.05, 3.63) is 59.7 Å². The minimum atomic E-state index is 0.0402. The fourth-order valence-corrected chi connectivity index (χ4v) is 5.29. The average molecular weight is 481 g/mol. The molecule has 0 unspecified atom stereocenters. The van der Waals surface area contributed by atoms with Crippen LogP contribution in [0.5, 0.6) is 11.5 Å². The maximum Gasteiger partial charge on any atom is 0.119 e. The number of para-hydroxylation sites is 2. The maximum atomic E-state index is 10.4. The molecule has 196 valence electrons. The average Bonchev–Trinajstić information content (AvgIpc) is 2.87. The maximum absolute atomic E-state index is 10.4. The number of hydrogen-bond donors (Lipinski definition) is 2. The molecule has 0 saturated heterocycles. The fraction of sp³-hybridized carbons (Fsp3) is 0.636. The molecule has 0 heterocycles. The quantitative estimate of drug-likeness (QED) is 0.174. The van der Waals surface area contributed by atoms with E-state index in [0.29, 0.717) is 11.5 Å². The van der Waals surface area contributed by atoms with E-state index in [1.165, 1.54) is 109 Å². The SMILES string of the molecule is CCCCCCCCCCCCCCCCCCCCC(c1ccccc1O)c1ccccc1O. The zero-order valence-electron chi connectivity index (χ0n) is 22.5. The minimum absolute atomic E-state index is 0.0402. The van der Waals surface area contributed by atoms with Crippen molar-refractivity contribution in [2.24, 2.45) is 0 Å². The van der Waals surface area contributed by atoms with Gasteiger partial charge in [-0.2, -0.15) is 0 Å². The van der Waals surface area contributed by atoms with E-state index < -0.39 is 0 Å². The number of hydrogen-bond acceptors (Lipinski definition) is 2. The van der Waals surface area contributed by atoms with Crippen LogP contribution in [0.4, 0.5) is 0 Å². The highest BCUT2D eigenvalue weighted by Gasteiger charge is 2.19. The first-order valence-electron chi connectivity index (χ1n) is 14.8. The molecule has 2 rings (SSSR count). The van der Waals surface area contributed by atoms with Crippen LogP contribution in [0.3, 0.4) is 0 Å². The van der Waals surface area contributed by atoms with Gasteiger partial charge in [-0.1, -0.05) is 159 Å². The molecule has 0 aliphatic heterocycles. The predicted octanol–water partition coefficient (Wildman–Crippen LogP) is 10.7. The van der Waals surface area contributed by atoms with E-state index in [2.05, 4.69) is 6.92 Å². The molecule has 0 spiro atoms. The molecule has 0 fully saturated rings. The van der Waals surface area contributed by atoms with Crippen molar-refractivity contribution < 1.29 is 10.2 Å². The van der Waals surface area contributed by atoms with Crippen LogP contribution in [0, 0.1) is 0 Å². The normalized spacial score (nSPS) is 11.4. The minimum Gasteiger partial charge on any atom is -0.508 e. The molecule has 0 aromatic heterocycles. The number of aromatic hydroxyl groups is 2. The molecule has 0 radical (unpaired) electrons. The summed E-state index contributed by atoms with van der Waals surface area (Å²) >= 11 is 0. The van der Waals surface area contributed by atoms with Crippen molar-refractivity contribution in [2.75, 3.05) is 0 Å². The monoisotopic (exact) mass is 480 g/mol. The zero-order chi connectivity index (χ0) is 25.0. The molecule has 0 aliphatic rings. The number of phenols is 2. The van der Waals surface area contributed by atoms with Crippen molar-refractivity contribution in [1.29, 1.82) is 0 Å². The Hall–Kier alpha value is -1.96. The number of rotatable bonds is 21. The van der Waals surface area contributed by atoms with Crippen LogP contribution in [-0.4, -0.2) is 10.2 Å². The van der Waals surface area contributed by atoms with E-state index in [-0.39, 0.29) is 5.92 Å². The molecular formula is C33H52O2. The van der Waals surface area contributed by atoms with Gasteiger partial charge in [-0.3, -0.25) is 0 Å². The van der Waals surface area contributed by atoms with Gasteiger partial charge >= 0.3 is 0 Å². The summed E-state index contributed by atoms with van der Waals surface area (Å²) in [5.41, 5.74) is 1.84.